The minimum Gasteiger partial charge on any atom is -0.494 e. The topological polar surface area (TPSA) is 130 Å². The number of ether oxygens (including phenoxy) is 1. The highest BCUT2D eigenvalue weighted by molar-refractivity contribution is 5.95. The molecule has 0 atom stereocenters. The number of nitrogens with zero attached hydrogens (tertiary/aromatic N) is 4. The van der Waals surface area contributed by atoms with Gasteiger partial charge in [0.25, 0.3) is 0 Å². The second-order valence-electron chi connectivity index (χ2n) is 12.3. The zero-order valence-corrected chi connectivity index (χ0v) is 24.6. The Morgan fingerprint density at radius 2 is 1.70 bits per heavy atom. The minimum absolute atomic E-state index is 0.0809. The molecule has 9 heteroatoms. The van der Waals surface area contributed by atoms with Crippen molar-refractivity contribution in [2.45, 2.75) is 76.0 Å². The smallest absolute Gasteiger partial charge is 0.306 e. The van der Waals surface area contributed by atoms with Crippen LogP contribution in [0.5, 0.6) is 5.75 Å². The summed E-state index contributed by atoms with van der Waals surface area (Å²) in [4.78, 5) is 36.9. The van der Waals surface area contributed by atoms with Crippen LogP contribution in [0, 0.1) is 29.1 Å². The molecule has 3 saturated carbocycles. The lowest BCUT2D eigenvalue weighted by Crippen LogP contribution is -2.41. The van der Waals surface area contributed by atoms with Gasteiger partial charge in [-0.2, -0.15) is 5.26 Å². The number of anilines is 1. The maximum absolute atomic E-state index is 14.1. The monoisotopic (exact) mass is 582 g/mol. The second kappa shape index (κ2) is 12.6. The summed E-state index contributed by atoms with van der Waals surface area (Å²) >= 11 is 0. The number of aliphatic carboxylic acids is 1. The highest BCUT2D eigenvalue weighted by Crippen LogP contribution is 2.41. The van der Waals surface area contributed by atoms with Crippen LogP contribution in [0.4, 0.5) is 5.69 Å². The number of amides is 1. The van der Waals surface area contributed by atoms with E-state index in [0.717, 1.165) is 67.1 Å². The van der Waals surface area contributed by atoms with Crippen molar-refractivity contribution in [3.05, 3.63) is 59.9 Å². The molecule has 3 aliphatic carbocycles. The van der Waals surface area contributed by atoms with Gasteiger partial charge in [0.15, 0.2) is 17.3 Å². The van der Waals surface area contributed by atoms with Gasteiger partial charge in [0, 0.05) is 41.2 Å². The summed E-state index contributed by atoms with van der Waals surface area (Å²) in [7, 11) is 1.54. The fourth-order valence-corrected chi connectivity index (χ4v) is 6.73. The number of methoxy groups -OCH3 is 1. The fourth-order valence-electron chi connectivity index (χ4n) is 6.73. The number of oxazole rings is 1. The molecule has 43 heavy (non-hydrogen) atoms. The number of carbonyl (C=O) groups excluding carboxylic acids is 1. The van der Waals surface area contributed by atoms with Gasteiger partial charge in [-0.15, -0.1) is 0 Å². The average Bonchev–Trinajstić information content (AvgIpc) is 3.79. The van der Waals surface area contributed by atoms with Gasteiger partial charge < -0.3 is 19.2 Å². The van der Waals surface area contributed by atoms with E-state index in [1.165, 1.54) is 0 Å². The maximum atomic E-state index is 14.1. The Morgan fingerprint density at radius 1 is 0.977 bits per heavy atom. The molecule has 3 fully saturated rings. The minimum atomic E-state index is -0.765. The molecule has 0 radical (unpaired) electrons. The zero-order valence-electron chi connectivity index (χ0n) is 24.6. The summed E-state index contributed by atoms with van der Waals surface area (Å²) in [6, 6.07) is 13.9. The Balaban J connectivity index is 1.19. The van der Waals surface area contributed by atoms with Gasteiger partial charge in [0.1, 0.15) is 18.0 Å². The number of carboxylic acid groups (broad SMARTS) is 1. The highest BCUT2D eigenvalue weighted by atomic mass is 16.5. The predicted molar refractivity (Wildman–Crippen MR) is 160 cm³/mol. The summed E-state index contributed by atoms with van der Waals surface area (Å²) < 4.78 is 11.0. The Morgan fingerprint density at radius 3 is 2.37 bits per heavy atom. The van der Waals surface area contributed by atoms with Crippen molar-refractivity contribution in [3.63, 3.8) is 0 Å². The predicted octanol–water partition coefficient (Wildman–Crippen LogP) is 6.69. The summed E-state index contributed by atoms with van der Waals surface area (Å²) in [6.45, 7) is 0.611. The van der Waals surface area contributed by atoms with E-state index < -0.39 is 5.97 Å². The summed E-state index contributed by atoms with van der Waals surface area (Å²) in [5.41, 5.74) is 3.78. The summed E-state index contributed by atoms with van der Waals surface area (Å²) in [5.74, 6) is 1.05. The highest BCUT2D eigenvalue weighted by Gasteiger charge is 2.35. The normalized spacial score (nSPS) is 23.7. The third-order valence-corrected chi connectivity index (χ3v) is 9.51. The Labute approximate surface area is 251 Å². The van der Waals surface area contributed by atoms with Gasteiger partial charge in [-0.1, -0.05) is 12.1 Å². The van der Waals surface area contributed by atoms with Crippen molar-refractivity contribution < 1.29 is 23.8 Å². The van der Waals surface area contributed by atoms with Gasteiger partial charge in [-0.05, 0) is 94.4 Å². The second-order valence-corrected chi connectivity index (χ2v) is 12.3. The van der Waals surface area contributed by atoms with E-state index in [9.17, 15) is 20.0 Å². The number of hydrogen-bond acceptors (Lipinski definition) is 7. The van der Waals surface area contributed by atoms with Gasteiger partial charge >= 0.3 is 5.97 Å². The van der Waals surface area contributed by atoms with Crippen molar-refractivity contribution in [2.75, 3.05) is 18.6 Å². The van der Waals surface area contributed by atoms with Crippen LogP contribution in [-0.4, -0.2) is 40.6 Å². The van der Waals surface area contributed by atoms with Crippen molar-refractivity contribution in [1.29, 1.82) is 5.26 Å². The van der Waals surface area contributed by atoms with Crippen molar-refractivity contribution in [1.82, 2.24) is 9.97 Å². The van der Waals surface area contributed by atoms with Crippen LogP contribution in [0.3, 0.4) is 0 Å². The van der Waals surface area contributed by atoms with Crippen LogP contribution in [-0.2, 0) is 9.59 Å². The van der Waals surface area contributed by atoms with E-state index in [-0.39, 0.29) is 23.7 Å². The third kappa shape index (κ3) is 6.43. The number of benzene rings is 1. The molecule has 0 unspecified atom stereocenters. The summed E-state index contributed by atoms with van der Waals surface area (Å²) in [6.07, 6.45) is 9.96. The molecule has 1 N–H and O–H groups in total. The molecule has 0 aliphatic heterocycles. The summed E-state index contributed by atoms with van der Waals surface area (Å²) in [5, 5.41) is 18.9. The first-order valence-corrected chi connectivity index (χ1v) is 15.5. The first-order chi connectivity index (χ1) is 20.9. The SMILES string of the molecule is COc1ccc([C@H]2CC[C@H](CN(c3cccc(-c4coc(C5CC5)n4)c3)C(=O)[C@H]3CC[C@H](C(=O)O)CC3)CC2)nc1C#N. The Kier molecular flexibility index (Phi) is 8.46. The van der Waals surface area contributed by atoms with Crippen LogP contribution in [0.2, 0.25) is 0 Å². The molecule has 2 heterocycles. The molecule has 6 rings (SSSR count). The lowest BCUT2D eigenvalue weighted by molar-refractivity contribution is -0.144. The molecular formula is C34H38N4O5. The first-order valence-electron chi connectivity index (χ1n) is 15.5. The number of rotatable bonds is 9. The lowest BCUT2D eigenvalue weighted by atomic mass is 9.79. The quantitative estimate of drug-likeness (QED) is 0.295. The molecule has 3 aliphatic rings. The van der Waals surface area contributed by atoms with E-state index in [1.807, 2.05) is 41.3 Å². The zero-order chi connectivity index (χ0) is 29.9. The number of nitriles is 1. The van der Waals surface area contributed by atoms with Gasteiger partial charge in [-0.3, -0.25) is 9.59 Å². The molecule has 3 aromatic rings. The Bertz CT molecular complexity index is 1510. The standard InChI is InChI=1S/C34H38N4O5/c1-42-31-16-15-28(36-29(31)18-35)22-7-5-21(6-8-22)19-38(33(39)24-11-13-25(14-12-24)34(40)41)27-4-2-3-26(17-27)30-20-43-32(37-30)23-9-10-23/h2-4,15-17,20-25H,5-14,19H2,1H3,(H,40,41)/t21-,22-,24-,25-. The van der Waals surface area contributed by atoms with Crippen LogP contribution in [0.15, 0.2) is 47.1 Å². The average molecular weight is 583 g/mol. The molecule has 224 valence electrons. The van der Waals surface area contributed by atoms with Crippen LogP contribution >= 0.6 is 0 Å². The number of pyridine rings is 1. The number of aromatic nitrogens is 2. The van der Waals surface area contributed by atoms with Crippen LogP contribution in [0.1, 0.15) is 93.3 Å². The first kappa shape index (κ1) is 28.9. The molecule has 1 amide bonds. The lowest BCUT2D eigenvalue weighted by Gasteiger charge is -2.36. The van der Waals surface area contributed by atoms with Crippen molar-refractivity contribution in [2.24, 2.45) is 17.8 Å². The molecular weight excluding hydrogens is 544 g/mol. The Hall–Kier alpha value is -4.19. The molecule has 0 spiro atoms. The van der Waals surface area contributed by atoms with Crippen molar-refractivity contribution >= 4 is 17.6 Å². The van der Waals surface area contributed by atoms with Gasteiger partial charge in [0.05, 0.1) is 13.0 Å². The van der Waals surface area contributed by atoms with Crippen LogP contribution < -0.4 is 9.64 Å². The molecule has 1 aromatic carbocycles. The van der Waals surface area contributed by atoms with Crippen LogP contribution in [0.25, 0.3) is 11.3 Å². The largest absolute Gasteiger partial charge is 0.494 e. The van der Waals surface area contributed by atoms with E-state index in [2.05, 4.69) is 11.1 Å². The number of carboxylic acids is 1. The van der Waals surface area contributed by atoms with Crippen molar-refractivity contribution in [3.8, 4) is 23.1 Å². The van der Waals surface area contributed by atoms with Gasteiger partial charge in [-0.25, -0.2) is 9.97 Å². The number of hydrogen-bond donors (Lipinski definition) is 1. The van der Waals surface area contributed by atoms with E-state index in [1.54, 1.807) is 13.4 Å². The van der Waals surface area contributed by atoms with E-state index in [0.29, 0.717) is 55.5 Å². The molecule has 0 saturated heterocycles. The molecule has 2 aromatic heterocycles. The maximum Gasteiger partial charge on any atom is 0.306 e. The van der Waals surface area contributed by atoms with E-state index >= 15 is 0 Å². The number of carbonyl (C=O) groups is 2. The van der Waals surface area contributed by atoms with Gasteiger partial charge in [0.2, 0.25) is 5.91 Å². The molecule has 9 nitrogen and oxygen atoms in total. The fraction of sp³-hybridized carbons (Fsp3) is 0.500. The third-order valence-electron chi connectivity index (χ3n) is 9.51. The molecule has 0 bridgehead atoms. The van der Waals surface area contributed by atoms with E-state index in [4.69, 9.17) is 14.1 Å².